The SMILES string of the molecule is C/C=C/C(=O)NCCCCCCCCCCCC. The maximum atomic E-state index is 11.1. The molecule has 2 heteroatoms. The second-order valence-electron chi connectivity index (χ2n) is 4.97. The van der Waals surface area contributed by atoms with Gasteiger partial charge in [0.05, 0.1) is 0 Å². The predicted molar refractivity (Wildman–Crippen MR) is 79.7 cm³/mol. The predicted octanol–water partition coefficient (Wildman–Crippen LogP) is 4.60. The fourth-order valence-corrected chi connectivity index (χ4v) is 2.03. The molecule has 2 nitrogen and oxygen atoms in total. The van der Waals surface area contributed by atoms with Crippen molar-refractivity contribution in [1.82, 2.24) is 5.32 Å². The van der Waals surface area contributed by atoms with Crippen molar-refractivity contribution in [3.05, 3.63) is 12.2 Å². The average molecular weight is 253 g/mol. The van der Waals surface area contributed by atoms with Gasteiger partial charge in [-0.3, -0.25) is 4.79 Å². The molecule has 0 unspecified atom stereocenters. The zero-order chi connectivity index (χ0) is 13.5. The van der Waals surface area contributed by atoms with Crippen LogP contribution in [0.1, 0.15) is 78.1 Å². The summed E-state index contributed by atoms with van der Waals surface area (Å²) in [5.41, 5.74) is 0. The first-order valence-corrected chi connectivity index (χ1v) is 7.71. The molecule has 1 N–H and O–H groups in total. The second-order valence-corrected chi connectivity index (χ2v) is 4.97. The summed E-state index contributed by atoms with van der Waals surface area (Å²) in [6, 6.07) is 0. The third-order valence-corrected chi connectivity index (χ3v) is 3.15. The number of nitrogens with one attached hydrogen (secondary N) is 1. The molecule has 0 rings (SSSR count). The summed E-state index contributed by atoms with van der Waals surface area (Å²) in [6.07, 6.45) is 16.7. The largest absolute Gasteiger partial charge is 0.353 e. The van der Waals surface area contributed by atoms with Crippen molar-refractivity contribution in [2.75, 3.05) is 6.54 Å². The van der Waals surface area contributed by atoms with Gasteiger partial charge < -0.3 is 5.32 Å². The van der Waals surface area contributed by atoms with Gasteiger partial charge in [-0.05, 0) is 19.4 Å². The molecular formula is C16H31NO. The Morgan fingerprint density at radius 3 is 1.89 bits per heavy atom. The van der Waals surface area contributed by atoms with Crippen molar-refractivity contribution in [2.45, 2.75) is 78.1 Å². The van der Waals surface area contributed by atoms with Crippen molar-refractivity contribution in [2.24, 2.45) is 0 Å². The van der Waals surface area contributed by atoms with Gasteiger partial charge in [-0.1, -0.05) is 70.8 Å². The highest BCUT2D eigenvalue weighted by molar-refractivity contribution is 5.87. The smallest absolute Gasteiger partial charge is 0.243 e. The molecule has 0 heterocycles. The van der Waals surface area contributed by atoms with Crippen LogP contribution in [0.4, 0.5) is 0 Å². The molecule has 0 aromatic heterocycles. The molecule has 0 aliphatic rings. The van der Waals surface area contributed by atoms with Crippen LogP contribution in [0, 0.1) is 0 Å². The van der Waals surface area contributed by atoms with E-state index >= 15 is 0 Å². The first-order chi connectivity index (χ1) is 8.81. The fraction of sp³-hybridized carbons (Fsp3) is 0.812. The molecule has 106 valence electrons. The maximum Gasteiger partial charge on any atom is 0.243 e. The number of carbonyl (C=O) groups excluding carboxylic acids is 1. The van der Waals surface area contributed by atoms with E-state index in [4.69, 9.17) is 0 Å². The monoisotopic (exact) mass is 253 g/mol. The highest BCUT2D eigenvalue weighted by atomic mass is 16.1. The minimum absolute atomic E-state index is 0.0356. The van der Waals surface area contributed by atoms with Gasteiger partial charge in [0, 0.05) is 6.54 Å². The molecule has 0 bridgehead atoms. The Hall–Kier alpha value is -0.790. The maximum absolute atomic E-state index is 11.1. The minimum atomic E-state index is 0.0356. The van der Waals surface area contributed by atoms with Crippen molar-refractivity contribution in [3.8, 4) is 0 Å². The molecule has 0 saturated carbocycles. The number of rotatable bonds is 12. The van der Waals surface area contributed by atoms with Crippen LogP contribution in [-0.4, -0.2) is 12.5 Å². The number of hydrogen-bond donors (Lipinski definition) is 1. The summed E-state index contributed by atoms with van der Waals surface area (Å²) >= 11 is 0. The lowest BCUT2D eigenvalue weighted by Crippen LogP contribution is -2.21. The lowest BCUT2D eigenvalue weighted by Gasteiger charge is -2.03. The van der Waals surface area contributed by atoms with Crippen LogP contribution in [0.15, 0.2) is 12.2 Å². The van der Waals surface area contributed by atoms with Gasteiger partial charge in [0.15, 0.2) is 0 Å². The van der Waals surface area contributed by atoms with E-state index in [0.717, 1.165) is 13.0 Å². The molecule has 18 heavy (non-hydrogen) atoms. The highest BCUT2D eigenvalue weighted by Gasteiger charge is 1.94. The van der Waals surface area contributed by atoms with E-state index < -0.39 is 0 Å². The van der Waals surface area contributed by atoms with Gasteiger partial charge in [-0.2, -0.15) is 0 Å². The third-order valence-electron chi connectivity index (χ3n) is 3.15. The van der Waals surface area contributed by atoms with E-state index in [0.29, 0.717) is 0 Å². The topological polar surface area (TPSA) is 29.1 Å². The van der Waals surface area contributed by atoms with Gasteiger partial charge in [0.1, 0.15) is 0 Å². The average Bonchev–Trinajstić information content (AvgIpc) is 2.36. The summed E-state index contributed by atoms with van der Waals surface area (Å²) < 4.78 is 0. The third kappa shape index (κ3) is 13.3. The quantitative estimate of drug-likeness (QED) is 0.400. The van der Waals surface area contributed by atoms with Gasteiger partial charge >= 0.3 is 0 Å². The van der Waals surface area contributed by atoms with E-state index in [-0.39, 0.29) is 5.91 Å². The Labute approximate surface area is 113 Å². The number of unbranched alkanes of at least 4 members (excludes halogenated alkanes) is 9. The highest BCUT2D eigenvalue weighted by Crippen LogP contribution is 2.10. The van der Waals surface area contributed by atoms with E-state index in [1.54, 1.807) is 12.2 Å². The van der Waals surface area contributed by atoms with Crippen LogP contribution in [0.2, 0.25) is 0 Å². The normalized spacial score (nSPS) is 11.0. The second kappa shape index (κ2) is 14.3. The van der Waals surface area contributed by atoms with Crippen molar-refractivity contribution >= 4 is 5.91 Å². The Bertz CT molecular complexity index is 211. The van der Waals surface area contributed by atoms with Crippen LogP contribution in [0.3, 0.4) is 0 Å². The molecule has 0 aliphatic carbocycles. The Morgan fingerprint density at radius 1 is 0.889 bits per heavy atom. The Balaban J connectivity index is 3.05. The van der Waals surface area contributed by atoms with Crippen LogP contribution in [0.5, 0.6) is 0 Å². The first kappa shape index (κ1) is 17.2. The number of carbonyl (C=O) groups is 1. The summed E-state index contributed by atoms with van der Waals surface area (Å²) in [5, 5.41) is 2.88. The minimum Gasteiger partial charge on any atom is -0.353 e. The van der Waals surface area contributed by atoms with Crippen LogP contribution in [0.25, 0.3) is 0 Å². The summed E-state index contributed by atoms with van der Waals surface area (Å²) in [7, 11) is 0. The Kier molecular flexibility index (Phi) is 13.6. The molecule has 0 aromatic carbocycles. The van der Waals surface area contributed by atoms with E-state index in [9.17, 15) is 4.79 Å². The standard InChI is InChI=1S/C16H31NO/c1-3-5-6-7-8-9-10-11-12-13-15-17-16(18)14-4-2/h4,14H,3,5-13,15H2,1-2H3,(H,17,18)/b14-4+. The van der Waals surface area contributed by atoms with Crippen molar-refractivity contribution in [1.29, 1.82) is 0 Å². The van der Waals surface area contributed by atoms with Gasteiger partial charge in [0.25, 0.3) is 0 Å². The molecule has 0 aromatic rings. The lowest BCUT2D eigenvalue weighted by atomic mass is 10.1. The van der Waals surface area contributed by atoms with E-state index in [1.165, 1.54) is 57.8 Å². The van der Waals surface area contributed by atoms with Crippen LogP contribution < -0.4 is 5.32 Å². The van der Waals surface area contributed by atoms with Gasteiger partial charge in [-0.15, -0.1) is 0 Å². The zero-order valence-corrected chi connectivity index (χ0v) is 12.3. The summed E-state index contributed by atoms with van der Waals surface area (Å²) in [6.45, 7) is 4.94. The van der Waals surface area contributed by atoms with Crippen molar-refractivity contribution < 1.29 is 4.79 Å². The first-order valence-electron chi connectivity index (χ1n) is 7.71. The molecule has 0 spiro atoms. The molecule has 1 amide bonds. The molecule has 0 fully saturated rings. The molecule has 0 radical (unpaired) electrons. The molecule has 0 atom stereocenters. The molecule has 0 saturated heterocycles. The van der Waals surface area contributed by atoms with Gasteiger partial charge in [-0.25, -0.2) is 0 Å². The lowest BCUT2D eigenvalue weighted by molar-refractivity contribution is -0.116. The zero-order valence-electron chi connectivity index (χ0n) is 12.3. The molecule has 0 aliphatic heterocycles. The van der Waals surface area contributed by atoms with Crippen molar-refractivity contribution in [3.63, 3.8) is 0 Å². The van der Waals surface area contributed by atoms with Gasteiger partial charge in [0.2, 0.25) is 5.91 Å². The summed E-state index contributed by atoms with van der Waals surface area (Å²) in [5.74, 6) is 0.0356. The Morgan fingerprint density at radius 2 is 1.39 bits per heavy atom. The van der Waals surface area contributed by atoms with E-state index in [2.05, 4.69) is 12.2 Å². The number of amides is 1. The van der Waals surface area contributed by atoms with Crippen LogP contribution in [-0.2, 0) is 4.79 Å². The van der Waals surface area contributed by atoms with E-state index in [1.807, 2.05) is 6.92 Å². The number of allylic oxidation sites excluding steroid dienone is 1. The van der Waals surface area contributed by atoms with Crippen LogP contribution >= 0.6 is 0 Å². The fourth-order valence-electron chi connectivity index (χ4n) is 2.03. The molecular weight excluding hydrogens is 222 g/mol. The summed E-state index contributed by atoms with van der Waals surface area (Å²) in [4.78, 5) is 11.1. The number of hydrogen-bond acceptors (Lipinski definition) is 1.